The van der Waals surface area contributed by atoms with Crippen molar-refractivity contribution in [2.24, 2.45) is 11.5 Å². The molecule has 0 fully saturated rings. The van der Waals surface area contributed by atoms with Gasteiger partial charge in [0.2, 0.25) is 11.8 Å². The molecule has 0 atom stereocenters. The van der Waals surface area contributed by atoms with Gasteiger partial charge in [0.1, 0.15) is 0 Å². The fourth-order valence-corrected chi connectivity index (χ4v) is 1.44. The first-order chi connectivity index (χ1) is 8.85. The van der Waals surface area contributed by atoms with E-state index in [2.05, 4.69) is 10.3 Å². The van der Waals surface area contributed by atoms with Gasteiger partial charge in [0.15, 0.2) is 23.3 Å². The number of nitrogens with one attached hydrogen (secondary N) is 1. The Hall–Kier alpha value is -2.45. The number of carbonyl (C=O) groups is 2. The zero-order valence-corrected chi connectivity index (χ0v) is 10.1. The van der Waals surface area contributed by atoms with Crippen LogP contribution in [-0.2, 0) is 9.59 Å². The Kier molecular flexibility index (Phi) is 4.56. The van der Waals surface area contributed by atoms with E-state index in [0.717, 1.165) is 4.90 Å². The molecule has 2 amide bonds. The SMILES string of the molecule is CNc1nc(N(CC(N)=O)CC(N)=O)c(F)cc1F. The van der Waals surface area contributed by atoms with Crippen LogP contribution in [0.5, 0.6) is 0 Å². The highest BCUT2D eigenvalue weighted by atomic mass is 19.1. The number of carbonyl (C=O) groups excluding carboxylic acids is 2. The smallest absolute Gasteiger partial charge is 0.237 e. The van der Waals surface area contributed by atoms with Gasteiger partial charge in [0, 0.05) is 13.1 Å². The van der Waals surface area contributed by atoms with Gasteiger partial charge in [0.25, 0.3) is 0 Å². The van der Waals surface area contributed by atoms with Crippen molar-refractivity contribution in [3.05, 3.63) is 17.7 Å². The first-order valence-corrected chi connectivity index (χ1v) is 5.20. The number of nitrogens with zero attached hydrogens (tertiary/aromatic N) is 2. The van der Waals surface area contributed by atoms with Crippen molar-refractivity contribution in [1.82, 2.24) is 4.98 Å². The Morgan fingerprint density at radius 3 is 2.21 bits per heavy atom. The van der Waals surface area contributed by atoms with Gasteiger partial charge in [0.05, 0.1) is 13.1 Å². The zero-order chi connectivity index (χ0) is 14.6. The van der Waals surface area contributed by atoms with Gasteiger partial charge in [-0.15, -0.1) is 0 Å². The van der Waals surface area contributed by atoms with Crippen molar-refractivity contribution in [1.29, 1.82) is 0 Å². The van der Waals surface area contributed by atoms with Crippen molar-refractivity contribution < 1.29 is 18.4 Å². The highest BCUT2D eigenvalue weighted by Crippen LogP contribution is 2.21. The fourth-order valence-electron chi connectivity index (χ4n) is 1.44. The predicted molar refractivity (Wildman–Crippen MR) is 64.3 cm³/mol. The van der Waals surface area contributed by atoms with Crippen LogP contribution in [0.4, 0.5) is 20.4 Å². The minimum Gasteiger partial charge on any atom is -0.371 e. The van der Waals surface area contributed by atoms with Crippen LogP contribution in [0.15, 0.2) is 6.07 Å². The Bertz CT molecular complexity index is 493. The number of nitrogens with two attached hydrogens (primary N) is 2. The third-order valence-corrected chi connectivity index (χ3v) is 2.14. The van der Waals surface area contributed by atoms with Gasteiger partial charge in [-0.2, -0.15) is 0 Å². The minimum atomic E-state index is -1.03. The van der Waals surface area contributed by atoms with Crippen LogP contribution in [0.25, 0.3) is 0 Å². The molecule has 0 radical (unpaired) electrons. The molecule has 1 aromatic heterocycles. The van der Waals surface area contributed by atoms with E-state index in [9.17, 15) is 18.4 Å². The number of aromatic nitrogens is 1. The topological polar surface area (TPSA) is 114 Å². The number of pyridine rings is 1. The maximum Gasteiger partial charge on any atom is 0.237 e. The molecule has 0 spiro atoms. The van der Waals surface area contributed by atoms with E-state index >= 15 is 0 Å². The van der Waals surface area contributed by atoms with Crippen molar-refractivity contribution in [2.45, 2.75) is 0 Å². The predicted octanol–water partition coefficient (Wildman–Crippen LogP) is -0.822. The van der Waals surface area contributed by atoms with Crippen LogP contribution in [0.1, 0.15) is 0 Å². The molecule has 9 heteroatoms. The summed E-state index contributed by atoms with van der Waals surface area (Å²) in [6, 6.07) is 0.586. The second kappa shape index (κ2) is 5.94. The molecule has 0 bridgehead atoms. The molecule has 0 aliphatic carbocycles. The summed E-state index contributed by atoms with van der Waals surface area (Å²) in [7, 11) is 1.39. The molecule has 1 aromatic rings. The second-order valence-electron chi connectivity index (χ2n) is 3.66. The largest absolute Gasteiger partial charge is 0.371 e. The lowest BCUT2D eigenvalue weighted by Gasteiger charge is -2.21. The summed E-state index contributed by atoms with van der Waals surface area (Å²) in [6.07, 6.45) is 0. The van der Waals surface area contributed by atoms with E-state index in [0.29, 0.717) is 6.07 Å². The van der Waals surface area contributed by atoms with Gasteiger partial charge in [-0.05, 0) is 0 Å². The van der Waals surface area contributed by atoms with Crippen LogP contribution in [-0.4, -0.2) is 36.9 Å². The maximum absolute atomic E-state index is 13.6. The van der Waals surface area contributed by atoms with Crippen LogP contribution >= 0.6 is 0 Å². The molecule has 1 rings (SSSR count). The van der Waals surface area contributed by atoms with Crippen molar-refractivity contribution in [3.63, 3.8) is 0 Å². The molecule has 0 aliphatic heterocycles. The summed E-state index contributed by atoms with van der Waals surface area (Å²) in [5, 5.41) is 2.41. The molecular formula is C10H13F2N5O2. The van der Waals surface area contributed by atoms with Crippen molar-refractivity contribution in [3.8, 4) is 0 Å². The number of rotatable bonds is 6. The van der Waals surface area contributed by atoms with E-state index in [-0.39, 0.29) is 11.6 Å². The van der Waals surface area contributed by atoms with Crippen LogP contribution in [0.3, 0.4) is 0 Å². The standard InChI is InChI=1S/C10H13F2N5O2/c1-15-9-5(11)2-6(12)10(16-9)17(3-7(13)18)4-8(14)19/h2H,3-4H2,1H3,(H2,13,18)(H2,14,19)(H,15,16). The Morgan fingerprint density at radius 2 is 1.79 bits per heavy atom. The second-order valence-corrected chi connectivity index (χ2v) is 3.66. The van der Waals surface area contributed by atoms with E-state index in [1.54, 1.807) is 0 Å². The number of halogens is 2. The minimum absolute atomic E-state index is 0.227. The third-order valence-electron chi connectivity index (χ3n) is 2.14. The average molecular weight is 273 g/mol. The molecule has 0 saturated heterocycles. The molecule has 19 heavy (non-hydrogen) atoms. The first-order valence-electron chi connectivity index (χ1n) is 5.20. The normalized spacial score (nSPS) is 10.1. The van der Waals surface area contributed by atoms with E-state index in [1.165, 1.54) is 7.05 Å². The van der Waals surface area contributed by atoms with Gasteiger partial charge < -0.3 is 21.7 Å². The average Bonchev–Trinajstić information content (AvgIpc) is 2.27. The highest BCUT2D eigenvalue weighted by molar-refractivity contribution is 5.84. The molecule has 104 valence electrons. The van der Waals surface area contributed by atoms with Gasteiger partial charge in [-0.25, -0.2) is 13.8 Å². The first kappa shape index (κ1) is 14.6. The highest BCUT2D eigenvalue weighted by Gasteiger charge is 2.20. The molecule has 7 nitrogen and oxygen atoms in total. The lowest BCUT2D eigenvalue weighted by Crippen LogP contribution is -2.40. The molecule has 1 heterocycles. The molecule has 0 saturated carbocycles. The molecule has 0 unspecified atom stereocenters. The van der Waals surface area contributed by atoms with Crippen LogP contribution in [0.2, 0.25) is 0 Å². The quantitative estimate of drug-likeness (QED) is 0.626. The van der Waals surface area contributed by atoms with Gasteiger partial charge in [-0.3, -0.25) is 9.59 Å². The summed E-state index contributed by atoms with van der Waals surface area (Å²) in [5.41, 5.74) is 9.97. The lowest BCUT2D eigenvalue weighted by atomic mass is 10.3. The molecule has 5 N–H and O–H groups in total. The van der Waals surface area contributed by atoms with E-state index in [1.807, 2.05) is 0 Å². The summed E-state index contributed by atoms with van der Waals surface area (Å²) in [5.74, 6) is -4.16. The summed E-state index contributed by atoms with van der Waals surface area (Å²) >= 11 is 0. The zero-order valence-electron chi connectivity index (χ0n) is 10.1. The van der Waals surface area contributed by atoms with E-state index in [4.69, 9.17) is 11.5 Å². The summed E-state index contributed by atoms with van der Waals surface area (Å²) < 4.78 is 26.9. The lowest BCUT2D eigenvalue weighted by molar-refractivity contribution is -0.117. The van der Waals surface area contributed by atoms with Crippen molar-refractivity contribution in [2.75, 3.05) is 30.4 Å². The van der Waals surface area contributed by atoms with E-state index < -0.39 is 36.5 Å². The fraction of sp³-hybridized carbons (Fsp3) is 0.300. The number of amides is 2. The van der Waals surface area contributed by atoms with Crippen LogP contribution < -0.4 is 21.7 Å². The monoisotopic (exact) mass is 273 g/mol. The molecule has 0 aliphatic rings. The van der Waals surface area contributed by atoms with Crippen molar-refractivity contribution >= 4 is 23.5 Å². The third kappa shape index (κ3) is 3.76. The van der Waals surface area contributed by atoms with Crippen LogP contribution in [0, 0.1) is 11.6 Å². The number of anilines is 2. The number of hydrogen-bond donors (Lipinski definition) is 3. The Labute approximate surface area is 107 Å². The van der Waals surface area contributed by atoms with Gasteiger partial charge >= 0.3 is 0 Å². The summed E-state index contributed by atoms with van der Waals surface area (Å²) in [6.45, 7) is -0.941. The molecule has 0 aromatic carbocycles. The van der Waals surface area contributed by atoms with Gasteiger partial charge in [-0.1, -0.05) is 0 Å². The number of hydrogen-bond acceptors (Lipinski definition) is 5. The summed E-state index contributed by atoms with van der Waals surface area (Å²) in [4.78, 5) is 26.3. The Morgan fingerprint density at radius 1 is 1.26 bits per heavy atom. The molecular weight excluding hydrogens is 260 g/mol. The number of primary amides is 2. The Balaban J connectivity index is 3.20. The maximum atomic E-state index is 13.6.